The number of carbonyl (C=O) groups is 1. The minimum absolute atomic E-state index is 0.165. The zero-order chi connectivity index (χ0) is 18.0. The molecule has 2 aromatic rings. The van der Waals surface area contributed by atoms with Crippen LogP contribution in [0.1, 0.15) is 17.3 Å². The molecule has 5 nitrogen and oxygen atoms in total. The predicted octanol–water partition coefficient (Wildman–Crippen LogP) is 3.59. The summed E-state index contributed by atoms with van der Waals surface area (Å²) in [7, 11) is -4.20. The molecule has 2 aromatic carbocycles. The van der Waals surface area contributed by atoms with Gasteiger partial charge < -0.3 is 4.74 Å². The van der Waals surface area contributed by atoms with Crippen molar-refractivity contribution < 1.29 is 31.1 Å². The predicted molar refractivity (Wildman–Crippen MR) is 80.4 cm³/mol. The van der Waals surface area contributed by atoms with E-state index >= 15 is 0 Å². The van der Waals surface area contributed by atoms with Crippen LogP contribution in [0.5, 0.6) is 5.75 Å². The smallest absolute Gasteiger partial charge is 0.404 e. The van der Waals surface area contributed by atoms with Gasteiger partial charge in [0.05, 0.1) is 10.6 Å². The van der Waals surface area contributed by atoms with Gasteiger partial charge in [0, 0.05) is 5.56 Å². The summed E-state index contributed by atoms with van der Waals surface area (Å²) in [6, 6.07) is 9.90. The van der Waals surface area contributed by atoms with Gasteiger partial charge in [-0.25, -0.2) is 8.42 Å². The highest BCUT2D eigenvalue weighted by Crippen LogP contribution is 2.31. The molecule has 0 aromatic heterocycles. The van der Waals surface area contributed by atoms with Gasteiger partial charge in [0.15, 0.2) is 11.5 Å². The Kier molecular flexibility index (Phi) is 4.83. The van der Waals surface area contributed by atoms with Gasteiger partial charge in [0.25, 0.3) is 10.0 Å². The first-order valence-electron chi connectivity index (χ1n) is 6.57. The maximum Gasteiger partial charge on any atom is 0.573 e. The number of ether oxygens (including phenoxy) is 1. The number of para-hydroxylation sites is 2. The van der Waals surface area contributed by atoms with Crippen LogP contribution < -0.4 is 9.46 Å². The molecule has 0 unspecified atom stereocenters. The van der Waals surface area contributed by atoms with Crippen LogP contribution in [0.15, 0.2) is 53.4 Å². The van der Waals surface area contributed by atoms with Crippen LogP contribution in [0, 0.1) is 0 Å². The summed E-state index contributed by atoms with van der Waals surface area (Å²) >= 11 is 0. The largest absolute Gasteiger partial charge is 0.573 e. The second-order valence-corrected chi connectivity index (χ2v) is 6.42. The second-order valence-electron chi connectivity index (χ2n) is 4.73. The van der Waals surface area contributed by atoms with Gasteiger partial charge in [0.2, 0.25) is 0 Å². The van der Waals surface area contributed by atoms with E-state index in [9.17, 15) is 26.4 Å². The maximum absolute atomic E-state index is 12.4. The van der Waals surface area contributed by atoms with Gasteiger partial charge in [0.1, 0.15) is 0 Å². The van der Waals surface area contributed by atoms with Crippen LogP contribution in [0.4, 0.5) is 18.9 Å². The number of halogens is 3. The average molecular weight is 359 g/mol. The SMILES string of the molecule is CC(=O)c1cccc(S(=O)(=O)Nc2ccccc2OC(F)(F)F)c1. The third kappa shape index (κ3) is 4.48. The molecule has 2 rings (SSSR count). The fourth-order valence-electron chi connectivity index (χ4n) is 1.85. The number of carbonyl (C=O) groups excluding carboxylic acids is 1. The van der Waals surface area contributed by atoms with Crippen molar-refractivity contribution in [3.63, 3.8) is 0 Å². The second kappa shape index (κ2) is 6.52. The van der Waals surface area contributed by atoms with Gasteiger partial charge in [-0.3, -0.25) is 9.52 Å². The van der Waals surface area contributed by atoms with E-state index in [-0.39, 0.29) is 21.9 Å². The number of hydrogen-bond donors (Lipinski definition) is 1. The Labute approximate surface area is 136 Å². The number of Topliss-reactive ketones (excluding diaryl/α,β-unsaturated/α-hetero) is 1. The van der Waals surface area contributed by atoms with E-state index in [2.05, 4.69) is 4.74 Å². The molecule has 0 heterocycles. The number of alkyl halides is 3. The van der Waals surface area contributed by atoms with Crippen LogP contribution in [-0.2, 0) is 10.0 Å². The van der Waals surface area contributed by atoms with Crippen LogP contribution in [-0.4, -0.2) is 20.6 Å². The highest BCUT2D eigenvalue weighted by atomic mass is 32.2. The first-order chi connectivity index (χ1) is 11.1. The van der Waals surface area contributed by atoms with E-state index in [0.29, 0.717) is 0 Å². The van der Waals surface area contributed by atoms with Gasteiger partial charge >= 0.3 is 6.36 Å². The fourth-order valence-corrected chi connectivity index (χ4v) is 2.97. The molecule has 0 fully saturated rings. The van der Waals surface area contributed by atoms with Crippen molar-refractivity contribution >= 4 is 21.5 Å². The van der Waals surface area contributed by atoms with Crippen molar-refractivity contribution in [1.82, 2.24) is 0 Å². The molecule has 0 saturated carbocycles. The van der Waals surface area contributed by atoms with E-state index in [4.69, 9.17) is 0 Å². The highest BCUT2D eigenvalue weighted by molar-refractivity contribution is 7.92. The molecule has 128 valence electrons. The number of nitrogens with one attached hydrogen (secondary N) is 1. The number of benzene rings is 2. The van der Waals surface area contributed by atoms with Crippen LogP contribution >= 0.6 is 0 Å². The standard InChI is InChI=1S/C15H12F3NO4S/c1-10(20)11-5-4-6-12(9-11)24(21,22)19-13-7-2-3-8-14(13)23-15(16,17)18/h2-9,19H,1H3. The topological polar surface area (TPSA) is 72.5 Å². The van der Waals surface area contributed by atoms with E-state index in [1.54, 1.807) is 0 Å². The van der Waals surface area contributed by atoms with Gasteiger partial charge in [-0.15, -0.1) is 13.2 Å². The first kappa shape index (κ1) is 17.8. The van der Waals surface area contributed by atoms with Gasteiger partial charge in [-0.2, -0.15) is 0 Å². The fraction of sp³-hybridized carbons (Fsp3) is 0.133. The Morgan fingerprint density at radius 3 is 2.38 bits per heavy atom. The summed E-state index contributed by atoms with van der Waals surface area (Å²) in [5.74, 6) is -1.02. The van der Waals surface area contributed by atoms with E-state index < -0.39 is 22.1 Å². The number of ketones is 1. The third-order valence-corrected chi connectivity index (χ3v) is 4.27. The Balaban J connectivity index is 2.37. The lowest BCUT2D eigenvalue weighted by Gasteiger charge is -2.15. The van der Waals surface area contributed by atoms with E-state index in [1.165, 1.54) is 37.3 Å². The first-order valence-corrected chi connectivity index (χ1v) is 8.05. The summed E-state index contributed by atoms with van der Waals surface area (Å²) in [5, 5.41) is 0. The zero-order valence-electron chi connectivity index (χ0n) is 12.3. The summed E-state index contributed by atoms with van der Waals surface area (Å²) in [6.45, 7) is 1.27. The third-order valence-electron chi connectivity index (χ3n) is 2.91. The summed E-state index contributed by atoms with van der Waals surface area (Å²) in [5.41, 5.74) is -0.208. The summed E-state index contributed by atoms with van der Waals surface area (Å²) in [4.78, 5) is 11.1. The number of rotatable bonds is 5. The molecule has 0 bridgehead atoms. The Hall–Kier alpha value is -2.55. The number of sulfonamides is 1. The molecule has 9 heteroatoms. The molecular weight excluding hydrogens is 347 g/mol. The summed E-state index contributed by atoms with van der Waals surface area (Å²) in [6.07, 6.45) is -4.96. The average Bonchev–Trinajstić information content (AvgIpc) is 2.48. The van der Waals surface area contributed by atoms with Crippen molar-refractivity contribution in [3.05, 3.63) is 54.1 Å². The Morgan fingerprint density at radius 2 is 1.75 bits per heavy atom. The zero-order valence-corrected chi connectivity index (χ0v) is 13.1. The molecule has 0 aliphatic heterocycles. The molecule has 0 amide bonds. The minimum Gasteiger partial charge on any atom is -0.404 e. The van der Waals surface area contributed by atoms with Crippen LogP contribution in [0.2, 0.25) is 0 Å². The highest BCUT2D eigenvalue weighted by Gasteiger charge is 2.32. The minimum atomic E-state index is -4.96. The maximum atomic E-state index is 12.4. The normalized spacial score (nSPS) is 11.8. The molecule has 0 atom stereocenters. The lowest BCUT2D eigenvalue weighted by Crippen LogP contribution is -2.20. The Bertz CT molecular complexity index is 863. The van der Waals surface area contributed by atoms with Gasteiger partial charge in [-0.1, -0.05) is 24.3 Å². The molecule has 0 saturated heterocycles. The molecular formula is C15H12F3NO4S. The lowest BCUT2D eigenvalue weighted by atomic mass is 10.2. The molecule has 0 aliphatic rings. The molecule has 1 N–H and O–H groups in total. The Morgan fingerprint density at radius 1 is 1.08 bits per heavy atom. The van der Waals surface area contributed by atoms with E-state index in [0.717, 1.165) is 18.2 Å². The van der Waals surface area contributed by atoms with Crippen molar-refractivity contribution in [2.24, 2.45) is 0 Å². The number of anilines is 1. The van der Waals surface area contributed by atoms with E-state index in [1.807, 2.05) is 4.72 Å². The van der Waals surface area contributed by atoms with Crippen molar-refractivity contribution in [2.75, 3.05) is 4.72 Å². The monoisotopic (exact) mass is 359 g/mol. The molecule has 0 aliphatic carbocycles. The van der Waals surface area contributed by atoms with Crippen LogP contribution in [0.3, 0.4) is 0 Å². The van der Waals surface area contributed by atoms with Crippen molar-refractivity contribution in [3.8, 4) is 5.75 Å². The van der Waals surface area contributed by atoms with Crippen LogP contribution in [0.25, 0.3) is 0 Å². The lowest BCUT2D eigenvalue weighted by molar-refractivity contribution is -0.274. The van der Waals surface area contributed by atoms with Crippen molar-refractivity contribution in [1.29, 1.82) is 0 Å². The quantitative estimate of drug-likeness (QED) is 0.828. The van der Waals surface area contributed by atoms with Gasteiger partial charge in [-0.05, 0) is 31.2 Å². The molecule has 0 radical (unpaired) electrons. The molecule has 0 spiro atoms. The summed E-state index contributed by atoms with van der Waals surface area (Å²) < 4.78 is 67.6. The number of hydrogen-bond acceptors (Lipinski definition) is 4. The van der Waals surface area contributed by atoms with Crippen molar-refractivity contribution in [2.45, 2.75) is 18.2 Å². The molecule has 24 heavy (non-hydrogen) atoms.